The van der Waals surface area contributed by atoms with E-state index in [0.717, 1.165) is 5.56 Å². The topological polar surface area (TPSA) is 98.5 Å². The fourth-order valence-electron chi connectivity index (χ4n) is 1.54. The molecule has 1 aromatic rings. The number of hydrogen-bond acceptors (Lipinski definition) is 4. The highest BCUT2D eigenvalue weighted by atomic mass is 32.2. The third-order valence-corrected chi connectivity index (χ3v) is 3.42. The number of ether oxygens (including phenoxy) is 1. The second kappa shape index (κ2) is 6.53. The molecule has 1 rings (SSSR count). The van der Waals surface area contributed by atoms with Crippen LogP contribution in [0.3, 0.4) is 0 Å². The van der Waals surface area contributed by atoms with Gasteiger partial charge in [0.25, 0.3) is 5.91 Å². The van der Waals surface area contributed by atoms with Gasteiger partial charge in [0, 0.05) is 12.1 Å². The number of primary sulfonamides is 1. The Morgan fingerprint density at radius 2 is 2.11 bits per heavy atom. The summed E-state index contributed by atoms with van der Waals surface area (Å²) in [6, 6.07) is 5.12. The van der Waals surface area contributed by atoms with E-state index >= 15 is 0 Å². The number of carbonyl (C=O) groups excluding carboxylic acids is 1. The molecular weight excluding hydrogens is 268 g/mol. The summed E-state index contributed by atoms with van der Waals surface area (Å²) in [4.78, 5) is 11.8. The Bertz CT molecular complexity index is 555. The van der Waals surface area contributed by atoms with Gasteiger partial charge < -0.3 is 10.1 Å². The van der Waals surface area contributed by atoms with E-state index in [4.69, 9.17) is 9.88 Å². The summed E-state index contributed by atoms with van der Waals surface area (Å²) in [7, 11) is -1.94. The van der Waals surface area contributed by atoms with Crippen molar-refractivity contribution in [3.8, 4) is 5.75 Å². The number of hydrogen-bond donors (Lipinski definition) is 2. The Hall–Kier alpha value is -1.60. The third kappa shape index (κ3) is 5.27. The van der Waals surface area contributed by atoms with Crippen LogP contribution in [0.2, 0.25) is 0 Å². The fraction of sp³-hybridized carbons (Fsp3) is 0.417. The van der Waals surface area contributed by atoms with Crippen molar-refractivity contribution in [2.75, 3.05) is 19.4 Å². The van der Waals surface area contributed by atoms with Crippen LogP contribution in [0.4, 0.5) is 0 Å². The molecule has 0 fully saturated rings. The number of benzene rings is 1. The molecule has 0 bridgehead atoms. The summed E-state index contributed by atoms with van der Waals surface area (Å²) in [6.07, 6.45) is 0.285. The summed E-state index contributed by atoms with van der Waals surface area (Å²) >= 11 is 0. The monoisotopic (exact) mass is 286 g/mol. The maximum atomic E-state index is 11.8. The first-order chi connectivity index (χ1) is 8.83. The Morgan fingerprint density at radius 1 is 1.42 bits per heavy atom. The number of sulfonamides is 1. The van der Waals surface area contributed by atoms with Crippen molar-refractivity contribution < 1.29 is 17.9 Å². The molecule has 0 spiro atoms. The van der Waals surface area contributed by atoms with Crippen molar-refractivity contribution in [3.05, 3.63) is 29.3 Å². The minimum Gasteiger partial charge on any atom is -0.496 e. The summed E-state index contributed by atoms with van der Waals surface area (Å²) < 4.78 is 26.6. The SMILES string of the molecule is COc1cc(C(=O)NCCCS(N)(=O)=O)ccc1C. The van der Waals surface area contributed by atoms with Gasteiger partial charge in [0.05, 0.1) is 12.9 Å². The summed E-state index contributed by atoms with van der Waals surface area (Å²) in [5.41, 5.74) is 1.41. The van der Waals surface area contributed by atoms with Crippen LogP contribution in [0.1, 0.15) is 22.3 Å². The number of amides is 1. The molecular formula is C12H18N2O4S. The van der Waals surface area contributed by atoms with Crippen molar-refractivity contribution in [3.63, 3.8) is 0 Å². The van der Waals surface area contributed by atoms with Gasteiger partial charge in [0.1, 0.15) is 5.75 Å². The number of rotatable bonds is 6. The molecule has 0 aliphatic carbocycles. The summed E-state index contributed by atoms with van der Waals surface area (Å²) in [5.74, 6) is 0.217. The van der Waals surface area contributed by atoms with E-state index in [1.165, 1.54) is 7.11 Å². The number of methoxy groups -OCH3 is 1. The maximum absolute atomic E-state index is 11.8. The first-order valence-electron chi connectivity index (χ1n) is 5.77. The Morgan fingerprint density at radius 3 is 2.68 bits per heavy atom. The van der Waals surface area contributed by atoms with E-state index in [-0.39, 0.29) is 24.6 Å². The van der Waals surface area contributed by atoms with Crippen molar-refractivity contribution in [1.82, 2.24) is 5.32 Å². The Kier molecular flexibility index (Phi) is 5.31. The highest BCUT2D eigenvalue weighted by Crippen LogP contribution is 2.18. The lowest BCUT2D eigenvalue weighted by Crippen LogP contribution is -2.27. The zero-order valence-electron chi connectivity index (χ0n) is 11.0. The lowest BCUT2D eigenvalue weighted by molar-refractivity contribution is 0.0953. The molecule has 0 unspecified atom stereocenters. The molecule has 1 aromatic carbocycles. The lowest BCUT2D eigenvalue weighted by atomic mass is 10.1. The Labute approximate surface area is 113 Å². The first kappa shape index (κ1) is 15.5. The molecule has 7 heteroatoms. The van der Waals surface area contributed by atoms with Crippen LogP contribution in [-0.4, -0.2) is 33.7 Å². The van der Waals surface area contributed by atoms with E-state index < -0.39 is 10.0 Å². The molecule has 0 saturated carbocycles. The van der Waals surface area contributed by atoms with E-state index in [9.17, 15) is 13.2 Å². The minimum absolute atomic E-state index is 0.148. The zero-order chi connectivity index (χ0) is 14.5. The molecule has 0 aliphatic rings. The van der Waals surface area contributed by atoms with Crippen molar-refractivity contribution >= 4 is 15.9 Å². The van der Waals surface area contributed by atoms with Gasteiger partial charge in [0.15, 0.2) is 0 Å². The van der Waals surface area contributed by atoms with Crippen LogP contribution in [0, 0.1) is 6.92 Å². The van der Waals surface area contributed by atoms with Gasteiger partial charge in [-0.05, 0) is 31.0 Å². The van der Waals surface area contributed by atoms with Crippen LogP contribution in [0.15, 0.2) is 18.2 Å². The van der Waals surface area contributed by atoms with Crippen molar-refractivity contribution in [2.24, 2.45) is 5.14 Å². The highest BCUT2D eigenvalue weighted by molar-refractivity contribution is 7.89. The second-order valence-corrected chi connectivity index (χ2v) is 5.89. The van der Waals surface area contributed by atoms with Gasteiger partial charge in [-0.3, -0.25) is 4.79 Å². The number of nitrogens with one attached hydrogen (secondary N) is 1. The molecule has 19 heavy (non-hydrogen) atoms. The first-order valence-corrected chi connectivity index (χ1v) is 7.48. The molecule has 0 aromatic heterocycles. The van der Waals surface area contributed by atoms with Gasteiger partial charge in [-0.15, -0.1) is 0 Å². The molecule has 0 aliphatic heterocycles. The van der Waals surface area contributed by atoms with Crippen molar-refractivity contribution in [1.29, 1.82) is 0 Å². The van der Waals surface area contributed by atoms with Gasteiger partial charge in [-0.2, -0.15) is 0 Å². The average Bonchev–Trinajstić information content (AvgIpc) is 2.33. The molecule has 106 valence electrons. The number of nitrogens with two attached hydrogens (primary N) is 1. The third-order valence-electron chi connectivity index (χ3n) is 2.56. The number of aryl methyl sites for hydroxylation is 1. The van der Waals surface area contributed by atoms with E-state index in [1.54, 1.807) is 18.2 Å². The Balaban J connectivity index is 2.54. The second-order valence-electron chi connectivity index (χ2n) is 4.16. The van der Waals surface area contributed by atoms with Gasteiger partial charge >= 0.3 is 0 Å². The summed E-state index contributed by atoms with van der Waals surface area (Å²) in [5, 5.41) is 7.49. The average molecular weight is 286 g/mol. The van der Waals surface area contributed by atoms with Crippen LogP contribution in [0.5, 0.6) is 5.75 Å². The molecule has 0 saturated heterocycles. The summed E-state index contributed by atoms with van der Waals surface area (Å²) in [6.45, 7) is 2.14. The largest absolute Gasteiger partial charge is 0.496 e. The maximum Gasteiger partial charge on any atom is 0.251 e. The molecule has 1 amide bonds. The normalized spacial score (nSPS) is 11.1. The van der Waals surface area contributed by atoms with Crippen LogP contribution >= 0.6 is 0 Å². The smallest absolute Gasteiger partial charge is 0.251 e. The molecule has 0 radical (unpaired) electrons. The molecule has 3 N–H and O–H groups in total. The van der Waals surface area contributed by atoms with E-state index in [2.05, 4.69) is 5.32 Å². The van der Waals surface area contributed by atoms with Crippen LogP contribution in [-0.2, 0) is 10.0 Å². The molecule has 0 heterocycles. The zero-order valence-corrected chi connectivity index (χ0v) is 11.8. The van der Waals surface area contributed by atoms with E-state index in [0.29, 0.717) is 11.3 Å². The predicted molar refractivity (Wildman–Crippen MR) is 72.7 cm³/mol. The molecule has 6 nitrogen and oxygen atoms in total. The van der Waals surface area contributed by atoms with E-state index in [1.807, 2.05) is 6.92 Å². The lowest BCUT2D eigenvalue weighted by Gasteiger charge is -2.08. The predicted octanol–water partition coefficient (Wildman–Crippen LogP) is 0.412. The standard InChI is InChI=1S/C12H18N2O4S/c1-9-4-5-10(8-11(9)18-2)12(15)14-6-3-7-19(13,16)17/h4-5,8H,3,6-7H2,1-2H3,(H,14,15)(H2,13,16,17). The van der Waals surface area contributed by atoms with Gasteiger partial charge in [-0.25, -0.2) is 13.6 Å². The van der Waals surface area contributed by atoms with Crippen LogP contribution in [0.25, 0.3) is 0 Å². The molecule has 0 atom stereocenters. The van der Waals surface area contributed by atoms with Gasteiger partial charge in [-0.1, -0.05) is 6.07 Å². The van der Waals surface area contributed by atoms with Crippen molar-refractivity contribution in [2.45, 2.75) is 13.3 Å². The van der Waals surface area contributed by atoms with Gasteiger partial charge in [0.2, 0.25) is 10.0 Å². The number of carbonyl (C=O) groups is 1. The highest BCUT2D eigenvalue weighted by Gasteiger charge is 2.08. The minimum atomic E-state index is -3.47. The fourth-order valence-corrected chi connectivity index (χ4v) is 2.09. The quantitative estimate of drug-likeness (QED) is 0.740. The van der Waals surface area contributed by atoms with Crippen LogP contribution < -0.4 is 15.2 Å².